The number of nitrogens with one attached hydrogen (secondary N) is 1. The highest BCUT2D eigenvalue weighted by molar-refractivity contribution is 7.13. The summed E-state index contributed by atoms with van der Waals surface area (Å²) in [5.41, 5.74) is 0.698. The minimum absolute atomic E-state index is 0.0425. The second-order valence-electron chi connectivity index (χ2n) is 4.51. The zero-order valence-electron chi connectivity index (χ0n) is 11.7. The van der Waals surface area contributed by atoms with Gasteiger partial charge in [-0.25, -0.2) is 4.98 Å². The first-order valence-electron chi connectivity index (χ1n) is 6.80. The van der Waals surface area contributed by atoms with Crippen LogP contribution in [-0.2, 0) is 20.7 Å². The molecule has 6 nitrogen and oxygen atoms in total. The van der Waals surface area contributed by atoms with Gasteiger partial charge in [0.15, 0.2) is 5.13 Å². The second kappa shape index (κ2) is 6.69. The van der Waals surface area contributed by atoms with Crippen LogP contribution < -0.4 is 10.2 Å². The van der Waals surface area contributed by atoms with Gasteiger partial charge in [0.2, 0.25) is 5.91 Å². The quantitative estimate of drug-likeness (QED) is 0.820. The van der Waals surface area contributed by atoms with Crippen molar-refractivity contribution >= 4 is 28.3 Å². The molecule has 2 rings (SSSR count). The summed E-state index contributed by atoms with van der Waals surface area (Å²) in [6.07, 6.45) is 0.916. The number of rotatable bonds is 5. The summed E-state index contributed by atoms with van der Waals surface area (Å²) in [7, 11) is 0. The van der Waals surface area contributed by atoms with E-state index in [2.05, 4.69) is 10.3 Å². The summed E-state index contributed by atoms with van der Waals surface area (Å²) in [5, 5.41) is 5.51. The maximum absolute atomic E-state index is 11.8. The summed E-state index contributed by atoms with van der Waals surface area (Å²) in [6.45, 7) is 5.51. The molecule has 0 aliphatic carbocycles. The number of carbonyl (C=O) groups is 2. The van der Waals surface area contributed by atoms with Gasteiger partial charge in [-0.15, -0.1) is 11.3 Å². The Bertz CT molecular complexity index is 489. The van der Waals surface area contributed by atoms with Crippen molar-refractivity contribution in [2.24, 2.45) is 0 Å². The Hall–Kier alpha value is -1.63. The van der Waals surface area contributed by atoms with Crippen molar-refractivity contribution in [3.8, 4) is 0 Å². The van der Waals surface area contributed by atoms with E-state index in [0.717, 1.165) is 18.1 Å². The van der Waals surface area contributed by atoms with Gasteiger partial charge in [0.05, 0.1) is 18.7 Å². The monoisotopic (exact) mass is 297 g/mol. The van der Waals surface area contributed by atoms with Crippen molar-refractivity contribution in [1.29, 1.82) is 0 Å². The summed E-state index contributed by atoms with van der Waals surface area (Å²) in [4.78, 5) is 29.7. The van der Waals surface area contributed by atoms with Gasteiger partial charge in [-0.05, 0) is 13.3 Å². The van der Waals surface area contributed by atoms with E-state index in [4.69, 9.17) is 4.74 Å². The largest absolute Gasteiger partial charge is 0.466 e. The zero-order chi connectivity index (χ0) is 14.5. The lowest BCUT2D eigenvalue weighted by Gasteiger charge is -2.34. The Morgan fingerprint density at radius 2 is 2.40 bits per heavy atom. The van der Waals surface area contributed by atoms with Crippen molar-refractivity contribution in [2.45, 2.75) is 32.7 Å². The van der Waals surface area contributed by atoms with E-state index in [1.54, 1.807) is 6.92 Å². The fourth-order valence-electron chi connectivity index (χ4n) is 2.22. The number of nitrogens with zero attached hydrogens (tertiary/aromatic N) is 2. The minimum Gasteiger partial charge on any atom is -0.466 e. The molecule has 1 aromatic heterocycles. The van der Waals surface area contributed by atoms with E-state index in [9.17, 15) is 9.59 Å². The van der Waals surface area contributed by atoms with Crippen LogP contribution in [0.4, 0.5) is 5.13 Å². The zero-order valence-corrected chi connectivity index (χ0v) is 12.5. The number of esters is 1. The fraction of sp³-hybridized carbons (Fsp3) is 0.615. The Morgan fingerprint density at radius 1 is 1.60 bits per heavy atom. The average Bonchev–Trinajstić information content (AvgIpc) is 2.87. The minimum atomic E-state index is -0.271. The lowest BCUT2D eigenvalue weighted by Crippen LogP contribution is -2.55. The molecule has 2 heterocycles. The predicted octanol–water partition coefficient (Wildman–Crippen LogP) is 0.963. The van der Waals surface area contributed by atoms with Gasteiger partial charge in [0.25, 0.3) is 0 Å². The molecule has 20 heavy (non-hydrogen) atoms. The molecule has 0 saturated carbocycles. The number of aromatic nitrogens is 1. The van der Waals surface area contributed by atoms with Crippen LogP contribution in [-0.4, -0.2) is 42.6 Å². The molecular weight excluding hydrogens is 278 g/mol. The standard InChI is InChI=1S/C13H19N3O3S/c1-3-10-12(18)14-5-6-16(10)13-15-9(8-20-13)7-11(17)19-4-2/h8,10H,3-7H2,1-2H3,(H,14,18). The fourth-order valence-corrected chi connectivity index (χ4v) is 3.12. The van der Waals surface area contributed by atoms with Crippen molar-refractivity contribution in [2.75, 3.05) is 24.6 Å². The molecule has 1 fully saturated rings. The van der Waals surface area contributed by atoms with Crippen LogP contribution in [0.3, 0.4) is 0 Å². The first kappa shape index (κ1) is 14.8. The number of ether oxygens (including phenoxy) is 1. The number of amides is 1. The van der Waals surface area contributed by atoms with Gasteiger partial charge < -0.3 is 15.0 Å². The first-order chi connectivity index (χ1) is 9.65. The number of thiazole rings is 1. The first-order valence-corrected chi connectivity index (χ1v) is 7.68. The van der Waals surface area contributed by atoms with Crippen LogP contribution in [0.2, 0.25) is 0 Å². The number of carbonyl (C=O) groups excluding carboxylic acids is 2. The molecule has 0 spiro atoms. The van der Waals surface area contributed by atoms with Crippen LogP contribution in [0.5, 0.6) is 0 Å². The molecule has 1 aromatic rings. The molecule has 1 N–H and O–H groups in total. The van der Waals surface area contributed by atoms with Crippen molar-refractivity contribution < 1.29 is 14.3 Å². The summed E-state index contributed by atoms with van der Waals surface area (Å²) in [6, 6.07) is -0.176. The molecule has 0 radical (unpaired) electrons. The van der Waals surface area contributed by atoms with Crippen LogP contribution in [0, 0.1) is 0 Å². The number of piperazine rings is 1. The van der Waals surface area contributed by atoms with Gasteiger partial charge in [-0.3, -0.25) is 9.59 Å². The molecule has 7 heteroatoms. The van der Waals surface area contributed by atoms with Gasteiger partial charge >= 0.3 is 5.97 Å². The maximum Gasteiger partial charge on any atom is 0.311 e. The molecule has 110 valence electrons. The van der Waals surface area contributed by atoms with Gasteiger partial charge in [-0.1, -0.05) is 6.92 Å². The molecule has 1 amide bonds. The normalized spacial score (nSPS) is 18.8. The van der Waals surface area contributed by atoms with E-state index < -0.39 is 0 Å². The maximum atomic E-state index is 11.8. The molecule has 0 aromatic carbocycles. The topological polar surface area (TPSA) is 71.5 Å². The highest BCUT2D eigenvalue weighted by atomic mass is 32.1. The highest BCUT2D eigenvalue weighted by Gasteiger charge is 2.29. The lowest BCUT2D eigenvalue weighted by atomic mass is 10.1. The molecule has 1 aliphatic rings. The molecule has 1 unspecified atom stereocenters. The lowest BCUT2D eigenvalue weighted by molar-refractivity contribution is -0.142. The van der Waals surface area contributed by atoms with Crippen LogP contribution in [0.15, 0.2) is 5.38 Å². The molecule has 0 bridgehead atoms. The van der Waals surface area contributed by atoms with Gasteiger partial charge in [0.1, 0.15) is 6.04 Å². The van der Waals surface area contributed by atoms with E-state index in [1.165, 1.54) is 11.3 Å². The molecule has 1 saturated heterocycles. The second-order valence-corrected chi connectivity index (χ2v) is 5.35. The highest BCUT2D eigenvalue weighted by Crippen LogP contribution is 2.25. The third-order valence-corrected chi connectivity index (χ3v) is 4.06. The molecule has 1 aliphatic heterocycles. The van der Waals surface area contributed by atoms with Gasteiger partial charge in [-0.2, -0.15) is 0 Å². The van der Waals surface area contributed by atoms with Crippen molar-refractivity contribution in [1.82, 2.24) is 10.3 Å². The van der Waals surface area contributed by atoms with Crippen LogP contribution >= 0.6 is 11.3 Å². The third-order valence-electron chi connectivity index (χ3n) is 3.13. The van der Waals surface area contributed by atoms with E-state index in [0.29, 0.717) is 18.8 Å². The SMILES string of the molecule is CCOC(=O)Cc1csc(N2CCNC(=O)C2CC)n1. The molecular formula is C13H19N3O3S. The van der Waals surface area contributed by atoms with Gasteiger partial charge in [0, 0.05) is 18.5 Å². The summed E-state index contributed by atoms with van der Waals surface area (Å²) in [5.74, 6) is -0.228. The summed E-state index contributed by atoms with van der Waals surface area (Å²) < 4.78 is 4.91. The smallest absolute Gasteiger partial charge is 0.311 e. The summed E-state index contributed by atoms with van der Waals surface area (Å²) >= 11 is 1.46. The Labute approximate surface area is 122 Å². The Balaban J connectivity index is 2.07. The van der Waals surface area contributed by atoms with E-state index in [-0.39, 0.29) is 24.3 Å². The third kappa shape index (κ3) is 3.27. The Kier molecular flexibility index (Phi) is 4.94. The van der Waals surface area contributed by atoms with Crippen molar-refractivity contribution in [3.05, 3.63) is 11.1 Å². The molecule has 1 atom stereocenters. The van der Waals surface area contributed by atoms with Crippen molar-refractivity contribution in [3.63, 3.8) is 0 Å². The van der Waals surface area contributed by atoms with Crippen LogP contribution in [0.1, 0.15) is 26.0 Å². The number of anilines is 1. The number of hydrogen-bond donors (Lipinski definition) is 1. The Morgan fingerprint density at radius 3 is 3.10 bits per heavy atom. The van der Waals surface area contributed by atoms with Crippen LogP contribution in [0.25, 0.3) is 0 Å². The predicted molar refractivity (Wildman–Crippen MR) is 76.9 cm³/mol. The average molecular weight is 297 g/mol. The van der Waals surface area contributed by atoms with E-state index >= 15 is 0 Å². The van der Waals surface area contributed by atoms with E-state index in [1.807, 2.05) is 17.2 Å². The number of hydrogen-bond acceptors (Lipinski definition) is 6.